The highest BCUT2D eigenvalue weighted by Crippen LogP contribution is 2.29. The number of hydrogen-bond donors (Lipinski definition) is 4. The fourth-order valence-electron chi connectivity index (χ4n) is 6.36. The average molecular weight is 740 g/mol. The third-order valence-electron chi connectivity index (χ3n) is 9.05. The molecule has 4 N–H and O–H groups in total. The Labute approximate surface area is 314 Å². The molecule has 0 saturated heterocycles. The summed E-state index contributed by atoms with van der Waals surface area (Å²) in [5.41, 5.74) is 1.27. The van der Waals surface area contributed by atoms with Crippen LogP contribution in [-0.4, -0.2) is 45.3 Å². The van der Waals surface area contributed by atoms with Crippen molar-refractivity contribution in [2.24, 2.45) is 0 Å². The van der Waals surface area contributed by atoms with Gasteiger partial charge in [-0.05, 0) is 112 Å². The second kappa shape index (κ2) is 17.7. The highest BCUT2D eigenvalue weighted by molar-refractivity contribution is 6.31. The summed E-state index contributed by atoms with van der Waals surface area (Å²) < 4.78 is 13.3. The van der Waals surface area contributed by atoms with Crippen LogP contribution in [0.1, 0.15) is 88.8 Å². The molecule has 52 heavy (non-hydrogen) atoms. The number of carbonyl (C=O) groups is 2. The molecule has 0 aromatic heterocycles. The number of aliphatic hydroxyl groups is 2. The molecule has 6 rings (SSSR count). The van der Waals surface area contributed by atoms with Crippen molar-refractivity contribution in [1.82, 2.24) is 10.6 Å². The molecule has 2 saturated carbocycles. The first-order chi connectivity index (χ1) is 24.9. The van der Waals surface area contributed by atoms with Crippen molar-refractivity contribution in [2.45, 2.75) is 81.6 Å². The maximum atomic E-state index is 13.3. The van der Waals surface area contributed by atoms with Crippen molar-refractivity contribution in [2.75, 3.05) is 0 Å². The molecule has 2 amide bonds. The number of nitrogens with one attached hydrogen (secondary N) is 2. The van der Waals surface area contributed by atoms with Crippen LogP contribution in [0.4, 0.5) is 4.39 Å². The van der Waals surface area contributed by atoms with E-state index in [0.717, 1.165) is 42.4 Å². The van der Waals surface area contributed by atoms with Gasteiger partial charge in [-0.3, -0.25) is 9.59 Å². The van der Waals surface area contributed by atoms with Gasteiger partial charge < -0.3 is 20.8 Å². The Balaban J connectivity index is 0.000000201. The van der Waals surface area contributed by atoms with Crippen LogP contribution in [0.5, 0.6) is 0 Å². The minimum atomic E-state index is -1.17. The van der Waals surface area contributed by atoms with Crippen LogP contribution >= 0.6 is 23.2 Å². The number of amides is 2. The Hall–Kier alpha value is -4.63. The summed E-state index contributed by atoms with van der Waals surface area (Å²) in [6, 6.07) is 27.1. The molecule has 4 atom stereocenters. The van der Waals surface area contributed by atoms with E-state index in [0.29, 0.717) is 41.3 Å². The van der Waals surface area contributed by atoms with Crippen molar-refractivity contribution in [3.63, 3.8) is 0 Å². The number of hydrogen-bond acceptors (Lipinski definition) is 4. The first kappa shape index (κ1) is 38.6. The molecule has 0 aliphatic heterocycles. The van der Waals surface area contributed by atoms with Gasteiger partial charge in [0.2, 0.25) is 0 Å². The summed E-state index contributed by atoms with van der Waals surface area (Å²) in [6.07, 6.45) is 5.08. The normalized spacial score (nSPS) is 22.2. The van der Waals surface area contributed by atoms with Crippen LogP contribution in [0.3, 0.4) is 0 Å². The summed E-state index contributed by atoms with van der Waals surface area (Å²) in [5, 5.41) is 28.7. The zero-order valence-corrected chi connectivity index (χ0v) is 30.4. The Bertz CT molecular complexity index is 2020. The van der Waals surface area contributed by atoms with Gasteiger partial charge in [0, 0.05) is 57.2 Å². The lowest BCUT2D eigenvalue weighted by Crippen LogP contribution is -2.45. The minimum Gasteiger partial charge on any atom is -0.378 e. The summed E-state index contributed by atoms with van der Waals surface area (Å²) in [5.74, 6) is 11.0. The van der Waals surface area contributed by atoms with E-state index in [1.165, 1.54) is 18.2 Å². The van der Waals surface area contributed by atoms with Gasteiger partial charge in [0.15, 0.2) is 0 Å². The molecule has 0 heterocycles. The summed E-state index contributed by atoms with van der Waals surface area (Å²) in [4.78, 5) is 24.7. The number of rotatable bonds is 4. The van der Waals surface area contributed by atoms with E-state index in [2.05, 4.69) is 34.3 Å². The Kier molecular flexibility index (Phi) is 13.2. The van der Waals surface area contributed by atoms with Crippen molar-refractivity contribution in [3.8, 4) is 23.7 Å². The van der Waals surface area contributed by atoms with E-state index in [1.807, 2.05) is 49.4 Å². The number of aryl methyl sites for hydroxylation is 1. The van der Waals surface area contributed by atoms with Gasteiger partial charge in [-0.2, -0.15) is 0 Å². The molecule has 2 fully saturated rings. The first-order valence-corrected chi connectivity index (χ1v) is 18.1. The molecular formula is C43H41Cl2FN2O4. The van der Waals surface area contributed by atoms with Crippen LogP contribution < -0.4 is 10.6 Å². The largest absolute Gasteiger partial charge is 0.378 e. The Morgan fingerprint density at radius 3 is 1.65 bits per heavy atom. The quantitative estimate of drug-likeness (QED) is 0.159. The maximum Gasteiger partial charge on any atom is 0.251 e. The van der Waals surface area contributed by atoms with Gasteiger partial charge in [0.05, 0.1) is 0 Å². The lowest BCUT2D eigenvalue weighted by atomic mass is 9.82. The fraction of sp³-hybridized carbons (Fsp3) is 0.302. The molecule has 268 valence electrons. The summed E-state index contributed by atoms with van der Waals surface area (Å²) in [7, 11) is 0. The molecule has 2 aliphatic carbocycles. The lowest BCUT2D eigenvalue weighted by Gasteiger charge is -2.33. The standard InChI is InChI=1S/C22H22ClNO2.C21H19ClFNO2/c1-16-7-9-18(10-8-16)21(25)24-20-6-3-12-22(26,15-20)13-11-17-4-2-5-19(23)14-17;22-17-6-1-4-15(12-17)9-11-21(26)10-3-8-19(14-21)24-20(25)16-5-2-7-18(23)13-16/h2,4-5,7-10,14,20,26H,3,6,12,15H2,1H3,(H,24,25);1-2,4-7,12-13,19,26H,3,8,10,14H2,(H,24,25)/t20-,22+;19-,21+/m00/s1. The number of benzene rings is 4. The number of carbonyl (C=O) groups excluding carboxylic acids is 2. The third kappa shape index (κ3) is 11.7. The molecule has 6 nitrogen and oxygen atoms in total. The van der Waals surface area contributed by atoms with E-state index in [9.17, 15) is 24.2 Å². The second-order valence-corrected chi connectivity index (χ2v) is 14.4. The van der Waals surface area contributed by atoms with Crippen LogP contribution in [0.2, 0.25) is 10.0 Å². The lowest BCUT2D eigenvalue weighted by molar-refractivity contribution is 0.0443. The van der Waals surface area contributed by atoms with E-state index in [-0.39, 0.29) is 29.5 Å². The molecule has 2 aliphatic rings. The number of halogens is 3. The highest BCUT2D eigenvalue weighted by Gasteiger charge is 2.34. The minimum absolute atomic E-state index is 0.0868. The van der Waals surface area contributed by atoms with Gasteiger partial charge in [-0.1, -0.05) is 82.8 Å². The molecule has 9 heteroatoms. The third-order valence-corrected chi connectivity index (χ3v) is 9.52. The van der Waals surface area contributed by atoms with Gasteiger partial charge in [-0.25, -0.2) is 4.39 Å². The van der Waals surface area contributed by atoms with E-state index in [4.69, 9.17) is 23.2 Å². The van der Waals surface area contributed by atoms with Crippen LogP contribution in [0.15, 0.2) is 97.1 Å². The van der Waals surface area contributed by atoms with Crippen molar-refractivity contribution >= 4 is 35.0 Å². The molecule has 0 bridgehead atoms. The maximum absolute atomic E-state index is 13.3. The zero-order valence-electron chi connectivity index (χ0n) is 28.9. The van der Waals surface area contributed by atoms with Crippen LogP contribution in [0, 0.1) is 36.4 Å². The van der Waals surface area contributed by atoms with E-state index in [1.54, 1.807) is 36.4 Å². The van der Waals surface area contributed by atoms with Crippen molar-refractivity contribution in [1.29, 1.82) is 0 Å². The Morgan fingerprint density at radius 1 is 0.692 bits per heavy atom. The van der Waals surface area contributed by atoms with Crippen molar-refractivity contribution < 1.29 is 24.2 Å². The first-order valence-electron chi connectivity index (χ1n) is 17.3. The molecular weight excluding hydrogens is 698 g/mol. The molecule has 0 unspecified atom stereocenters. The van der Waals surface area contributed by atoms with Gasteiger partial charge >= 0.3 is 0 Å². The van der Waals surface area contributed by atoms with Crippen molar-refractivity contribution in [3.05, 3.63) is 141 Å². The summed E-state index contributed by atoms with van der Waals surface area (Å²) in [6.45, 7) is 1.99. The highest BCUT2D eigenvalue weighted by atomic mass is 35.5. The van der Waals surface area contributed by atoms with Gasteiger partial charge in [-0.15, -0.1) is 0 Å². The van der Waals surface area contributed by atoms with E-state index >= 15 is 0 Å². The molecule has 0 radical (unpaired) electrons. The second-order valence-electron chi connectivity index (χ2n) is 13.5. The molecule has 4 aromatic carbocycles. The topological polar surface area (TPSA) is 98.7 Å². The van der Waals surface area contributed by atoms with Crippen LogP contribution in [-0.2, 0) is 0 Å². The van der Waals surface area contributed by atoms with E-state index < -0.39 is 17.0 Å². The Morgan fingerprint density at radius 2 is 1.17 bits per heavy atom. The predicted molar refractivity (Wildman–Crippen MR) is 204 cm³/mol. The molecule has 0 spiro atoms. The average Bonchev–Trinajstić information content (AvgIpc) is 3.11. The molecule has 4 aromatic rings. The monoisotopic (exact) mass is 738 g/mol. The van der Waals surface area contributed by atoms with Gasteiger partial charge in [0.25, 0.3) is 11.8 Å². The zero-order chi connectivity index (χ0) is 37.1. The van der Waals surface area contributed by atoms with Crippen LogP contribution in [0.25, 0.3) is 0 Å². The fourth-order valence-corrected chi connectivity index (χ4v) is 6.74. The summed E-state index contributed by atoms with van der Waals surface area (Å²) >= 11 is 11.9. The van der Waals surface area contributed by atoms with Gasteiger partial charge in [0.1, 0.15) is 17.0 Å². The predicted octanol–water partition coefficient (Wildman–Crippen LogP) is 8.04. The smallest absolute Gasteiger partial charge is 0.251 e. The SMILES string of the molecule is Cc1ccc(C(=O)N[C@H]2CCC[C@@](O)(C#Cc3cccc(Cl)c3)C2)cc1.O=C(N[C@H]1CCC[C@@](O)(C#Cc2cccc(Cl)c2)C1)c1cccc(F)c1.